The van der Waals surface area contributed by atoms with Gasteiger partial charge in [0.1, 0.15) is 0 Å². The van der Waals surface area contributed by atoms with E-state index in [1.165, 1.54) is 0 Å². The lowest BCUT2D eigenvalue weighted by Gasteiger charge is -2.06. The number of hydrogen-bond donors (Lipinski definition) is 2. The van der Waals surface area contributed by atoms with Gasteiger partial charge in [0, 0.05) is 6.07 Å². The van der Waals surface area contributed by atoms with Crippen LogP contribution in [0.5, 0.6) is 0 Å². The van der Waals surface area contributed by atoms with E-state index in [1.54, 1.807) is 0 Å². The number of carboxylic acids is 1. The van der Waals surface area contributed by atoms with Gasteiger partial charge in [0.15, 0.2) is 11.6 Å². The first kappa shape index (κ1) is 11.0. The van der Waals surface area contributed by atoms with E-state index in [0.717, 1.165) is 0 Å². The molecule has 0 atom stereocenters. The van der Waals surface area contributed by atoms with E-state index in [-0.39, 0.29) is 5.69 Å². The number of anilines is 1. The van der Waals surface area contributed by atoms with Crippen LogP contribution >= 0.6 is 0 Å². The first-order chi connectivity index (χ1) is 7.91. The third-order valence-electron chi connectivity index (χ3n) is 2.06. The van der Waals surface area contributed by atoms with Crippen molar-refractivity contribution in [3.05, 3.63) is 50.0 Å². The number of nitrogens with one attached hydrogen (secondary N) is 1. The van der Waals surface area contributed by atoms with E-state index in [9.17, 15) is 23.2 Å². The number of rotatable bonds is 3. The minimum atomic E-state index is -1.52. The van der Waals surface area contributed by atoms with Gasteiger partial charge in [-0.15, -0.1) is 0 Å². The highest BCUT2D eigenvalue weighted by atomic mass is 19.2. The maximum absolute atomic E-state index is 12.9. The topological polar surface area (TPSA) is 88.4 Å². The zero-order valence-electron chi connectivity index (χ0n) is 8.03. The fourth-order valence-corrected chi connectivity index (χ4v) is 1.17. The van der Waals surface area contributed by atoms with E-state index in [1.807, 2.05) is 0 Å². The molecule has 0 bridgehead atoms. The molecule has 0 fully saturated rings. The molecule has 2 rings (SSSR count). The van der Waals surface area contributed by atoms with E-state index < -0.39 is 34.3 Å². The number of carboxylic acid groups (broad SMARTS) is 1. The van der Waals surface area contributed by atoms with Gasteiger partial charge in [0.2, 0.25) is 0 Å². The van der Waals surface area contributed by atoms with E-state index in [2.05, 4.69) is 5.43 Å². The number of aromatic nitrogens is 1. The standard InChI is InChI=1S/C9H4F2N2O4/c10-4-1-3(9(16)17)6(2-5(4)11)12-13-7(14)8(13)15/h1-2,12H,(H,16,17). The molecule has 0 aliphatic heterocycles. The fourth-order valence-electron chi connectivity index (χ4n) is 1.17. The van der Waals surface area contributed by atoms with Crippen molar-refractivity contribution >= 4 is 11.7 Å². The number of hydrogen-bond acceptors (Lipinski definition) is 4. The molecular weight excluding hydrogens is 238 g/mol. The molecule has 1 aromatic heterocycles. The molecule has 1 aromatic carbocycles. The minimum Gasteiger partial charge on any atom is -0.478 e. The van der Waals surface area contributed by atoms with Crippen LogP contribution in [-0.2, 0) is 0 Å². The Morgan fingerprint density at radius 1 is 1.18 bits per heavy atom. The highest BCUT2D eigenvalue weighted by Gasteiger charge is 2.21. The van der Waals surface area contributed by atoms with Crippen LogP contribution in [0.15, 0.2) is 21.7 Å². The van der Waals surface area contributed by atoms with Gasteiger partial charge in [-0.3, -0.25) is 15.0 Å². The minimum absolute atomic E-state index is 0.379. The highest BCUT2D eigenvalue weighted by Crippen LogP contribution is 2.19. The highest BCUT2D eigenvalue weighted by molar-refractivity contribution is 5.94. The normalized spacial score (nSPS) is 10.7. The molecule has 0 radical (unpaired) electrons. The lowest BCUT2D eigenvalue weighted by molar-refractivity contribution is 0.0697. The van der Waals surface area contributed by atoms with Crippen LogP contribution in [0.3, 0.4) is 0 Å². The Hall–Kier alpha value is -2.51. The largest absolute Gasteiger partial charge is 0.478 e. The van der Waals surface area contributed by atoms with Crippen LogP contribution in [0, 0.1) is 11.6 Å². The first-order valence-electron chi connectivity index (χ1n) is 4.29. The lowest BCUT2D eigenvalue weighted by atomic mass is 10.1. The fraction of sp³-hybridized carbons (Fsp3) is 0. The Balaban J connectivity index is 2.48. The van der Waals surface area contributed by atoms with E-state index in [0.29, 0.717) is 16.8 Å². The summed E-state index contributed by atoms with van der Waals surface area (Å²) in [6.45, 7) is 0. The molecule has 17 heavy (non-hydrogen) atoms. The smallest absolute Gasteiger partial charge is 0.340 e. The predicted molar refractivity (Wildman–Crippen MR) is 51.7 cm³/mol. The van der Waals surface area contributed by atoms with Crippen LogP contribution in [-0.4, -0.2) is 15.8 Å². The van der Waals surface area contributed by atoms with Crippen molar-refractivity contribution in [2.24, 2.45) is 0 Å². The van der Waals surface area contributed by atoms with Gasteiger partial charge in [0.05, 0.1) is 11.3 Å². The van der Waals surface area contributed by atoms with Crippen molar-refractivity contribution in [1.29, 1.82) is 0 Å². The van der Waals surface area contributed by atoms with Crippen LogP contribution in [0.2, 0.25) is 0 Å². The van der Waals surface area contributed by atoms with Gasteiger partial charge in [-0.05, 0) is 6.07 Å². The zero-order valence-corrected chi connectivity index (χ0v) is 8.03. The Kier molecular flexibility index (Phi) is 2.27. The second-order valence-electron chi connectivity index (χ2n) is 3.17. The van der Waals surface area contributed by atoms with Crippen molar-refractivity contribution < 1.29 is 18.7 Å². The maximum Gasteiger partial charge on any atom is 0.340 e. The molecule has 0 saturated carbocycles. The predicted octanol–water partition coefficient (Wildman–Crippen LogP) is -0.0643. The van der Waals surface area contributed by atoms with Crippen LogP contribution in [0.25, 0.3) is 0 Å². The summed E-state index contributed by atoms with van der Waals surface area (Å²) < 4.78 is 26.2. The molecule has 0 unspecified atom stereocenters. The number of halogens is 2. The van der Waals surface area contributed by atoms with Crippen molar-refractivity contribution in [1.82, 2.24) is 4.68 Å². The molecule has 0 aliphatic rings. The van der Waals surface area contributed by atoms with Gasteiger partial charge in [0.25, 0.3) is 0 Å². The average Bonchev–Trinajstić information content (AvgIpc) is 2.80. The van der Waals surface area contributed by atoms with Crippen LogP contribution in [0.4, 0.5) is 14.5 Å². The Morgan fingerprint density at radius 2 is 1.71 bits per heavy atom. The van der Waals surface area contributed by atoms with Crippen molar-refractivity contribution in [3.8, 4) is 0 Å². The summed E-state index contributed by atoms with van der Waals surface area (Å²) in [5, 5.41) is 8.73. The third-order valence-corrected chi connectivity index (χ3v) is 2.06. The molecule has 1 heterocycles. The summed E-state index contributed by atoms with van der Waals surface area (Å²) in [4.78, 5) is 32.0. The molecule has 0 spiro atoms. The number of carbonyl (C=O) groups is 1. The molecule has 88 valence electrons. The van der Waals surface area contributed by atoms with Crippen molar-refractivity contribution in [2.45, 2.75) is 0 Å². The molecule has 2 N–H and O–H groups in total. The molecule has 0 aliphatic carbocycles. The van der Waals surface area contributed by atoms with Gasteiger partial charge in [-0.25, -0.2) is 13.6 Å². The average molecular weight is 242 g/mol. The Morgan fingerprint density at radius 3 is 2.18 bits per heavy atom. The molecular formula is C9H4F2N2O4. The quantitative estimate of drug-likeness (QED) is 0.736. The molecule has 2 aromatic rings. The summed E-state index contributed by atoms with van der Waals surface area (Å²) in [6.07, 6.45) is 0. The van der Waals surface area contributed by atoms with Gasteiger partial charge in [-0.2, -0.15) is 4.68 Å². The maximum atomic E-state index is 12.9. The molecule has 8 heteroatoms. The summed E-state index contributed by atoms with van der Waals surface area (Å²) in [6, 6.07) is 1.01. The zero-order chi connectivity index (χ0) is 12.7. The Labute approximate surface area is 91.4 Å². The Bertz CT molecular complexity index is 659. The van der Waals surface area contributed by atoms with Gasteiger partial charge in [-0.1, -0.05) is 0 Å². The van der Waals surface area contributed by atoms with Gasteiger partial charge < -0.3 is 5.11 Å². The SMILES string of the molecule is O=C(O)c1cc(F)c(F)cc1Nn1c(=O)c1=O. The number of nitrogens with zero attached hydrogens (tertiary/aromatic N) is 1. The third kappa shape index (κ3) is 1.80. The molecule has 6 nitrogen and oxygen atoms in total. The number of benzene rings is 1. The van der Waals surface area contributed by atoms with Crippen LogP contribution in [0.1, 0.15) is 10.4 Å². The van der Waals surface area contributed by atoms with E-state index >= 15 is 0 Å². The van der Waals surface area contributed by atoms with E-state index in [4.69, 9.17) is 5.11 Å². The number of aromatic carboxylic acids is 1. The van der Waals surface area contributed by atoms with Gasteiger partial charge >= 0.3 is 17.1 Å². The molecule has 0 saturated heterocycles. The lowest BCUT2D eigenvalue weighted by Crippen LogP contribution is -2.13. The first-order valence-corrected chi connectivity index (χ1v) is 4.29. The van der Waals surface area contributed by atoms with Crippen molar-refractivity contribution in [3.63, 3.8) is 0 Å². The summed E-state index contributed by atoms with van der Waals surface area (Å²) in [5.41, 5.74) is -0.652. The van der Waals surface area contributed by atoms with Crippen LogP contribution < -0.4 is 16.5 Å². The summed E-state index contributed by atoms with van der Waals surface area (Å²) in [5.74, 6) is -4.15. The second-order valence-corrected chi connectivity index (χ2v) is 3.17. The second kappa shape index (κ2) is 3.51. The summed E-state index contributed by atoms with van der Waals surface area (Å²) in [7, 11) is 0. The summed E-state index contributed by atoms with van der Waals surface area (Å²) >= 11 is 0. The van der Waals surface area contributed by atoms with Crippen molar-refractivity contribution in [2.75, 3.05) is 5.43 Å². The molecule has 0 amide bonds. The monoisotopic (exact) mass is 242 g/mol.